The fourth-order valence-corrected chi connectivity index (χ4v) is 4.73. The van der Waals surface area contributed by atoms with Crippen LogP contribution in [0.3, 0.4) is 0 Å². The molecule has 0 aliphatic carbocycles. The molecule has 0 aromatic carbocycles. The molecule has 0 bridgehead atoms. The van der Waals surface area contributed by atoms with Gasteiger partial charge in [0.25, 0.3) is 5.92 Å². The molecule has 0 spiro atoms. The Morgan fingerprint density at radius 2 is 2.09 bits per heavy atom. The average molecular weight is 340 g/mol. The second-order valence-corrected chi connectivity index (χ2v) is 8.04. The zero-order chi connectivity index (χ0) is 16.2. The van der Waals surface area contributed by atoms with E-state index in [2.05, 4.69) is 28.6 Å². The fourth-order valence-electron chi connectivity index (χ4n) is 3.57. The number of hydrogen-bond acceptors (Lipinski definition) is 5. The summed E-state index contributed by atoms with van der Waals surface area (Å²) in [5.41, 5.74) is 0.821. The van der Waals surface area contributed by atoms with Crippen LogP contribution in [0.2, 0.25) is 0 Å². The van der Waals surface area contributed by atoms with Crippen molar-refractivity contribution in [3.05, 3.63) is 12.3 Å². The van der Waals surface area contributed by atoms with Gasteiger partial charge in [-0.1, -0.05) is 0 Å². The van der Waals surface area contributed by atoms with Gasteiger partial charge in [0, 0.05) is 31.4 Å². The molecule has 0 N–H and O–H groups in total. The van der Waals surface area contributed by atoms with Crippen LogP contribution in [0, 0.1) is 0 Å². The number of piperazine rings is 1. The fraction of sp³-hybridized carbons (Fsp3) is 0.688. The van der Waals surface area contributed by atoms with Crippen LogP contribution in [0.4, 0.5) is 20.3 Å². The molecule has 2 fully saturated rings. The highest BCUT2D eigenvalue weighted by molar-refractivity contribution is 7.99. The number of pyridine rings is 1. The first-order valence-corrected chi connectivity index (χ1v) is 9.18. The molecule has 4 nitrogen and oxygen atoms in total. The highest BCUT2D eigenvalue weighted by Gasteiger charge is 2.44. The minimum absolute atomic E-state index is 0.187. The number of alkyl halides is 2. The molecule has 23 heavy (non-hydrogen) atoms. The van der Waals surface area contributed by atoms with Crippen LogP contribution in [0.1, 0.15) is 13.8 Å². The van der Waals surface area contributed by atoms with Gasteiger partial charge in [-0.2, -0.15) is 0 Å². The van der Waals surface area contributed by atoms with Gasteiger partial charge in [0.05, 0.1) is 35.9 Å². The third-order valence-electron chi connectivity index (χ3n) is 4.98. The molecule has 0 saturated carbocycles. The van der Waals surface area contributed by atoms with E-state index in [0.717, 1.165) is 41.8 Å². The summed E-state index contributed by atoms with van der Waals surface area (Å²) < 4.78 is 26.1. The minimum Gasteiger partial charge on any atom is -0.358 e. The van der Waals surface area contributed by atoms with Gasteiger partial charge in [0.1, 0.15) is 5.82 Å². The molecule has 126 valence electrons. The Morgan fingerprint density at radius 3 is 2.78 bits per heavy atom. The van der Waals surface area contributed by atoms with Crippen molar-refractivity contribution in [1.82, 2.24) is 9.88 Å². The molecule has 1 atom stereocenters. The van der Waals surface area contributed by atoms with Crippen LogP contribution in [0.5, 0.6) is 0 Å². The molecule has 0 radical (unpaired) electrons. The van der Waals surface area contributed by atoms with Gasteiger partial charge >= 0.3 is 0 Å². The van der Waals surface area contributed by atoms with Gasteiger partial charge in [-0.25, -0.2) is 13.8 Å². The third kappa shape index (κ3) is 2.78. The Morgan fingerprint density at radius 1 is 1.30 bits per heavy atom. The van der Waals surface area contributed by atoms with Crippen molar-refractivity contribution in [2.75, 3.05) is 48.3 Å². The lowest BCUT2D eigenvalue weighted by Crippen LogP contribution is -2.57. The predicted octanol–water partition coefficient (Wildman–Crippen LogP) is 2.54. The summed E-state index contributed by atoms with van der Waals surface area (Å²) in [4.78, 5) is 12.4. The van der Waals surface area contributed by atoms with E-state index in [1.54, 1.807) is 11.1 Å². The zero-order valence-electron chi connectivity index (χ0n) is 13.5. The van der Waals surface area contributed by atoms with Gasteiger partial charge in [0.2, 0.25) is 0 Å². The highest BCUT2D eigenvalue weighted by Crippen LogP contribution is 2.41. The lowest BCUT2D eigenvalue weighted by molar-refractivity contribution is -0.0263. The van der Waals surface area contributed by atoms with Crippen molar-refractivity contribution in [3.63, 3.8) is 0 Å². The molecule has 0 unspecified atom stereocenters. The van der Waals surface area contributed by atoms with Crippen molar-refractivity contribution in [1.29, 1.82) is 0 Å². The molecule has 4 rings (SSSR count). The third-order valence-corrected chi connectivity index (χ3v) is 6.14. The molecule has 1 aromatic rings. The first-order valence-electron chi connectivity index (χ1n) is 8.19. The first-order chi connectivity index (χ1) is 10.9. The number of aromatic nitrogens is 1. The molecular weight excluding hydrogens is 318 g/mol. The summed E-state index contributed by atoms with van der Waals surface area (Å²) in [5.74, 6) is -0.468. The largest absolute Gasteiger partial charge is 0.358 e. The molecule has 0 amide bonds. The van der Waals surface area contributed by atoms with E-state index < -0.39 is 5.92 Å². The Labute approximate surface area is 139 Å². The smallest absolute Gasteiger partial charge is 0.282 e. The van der Waals surface area contributed by atoms with Crippen LogP contribution < -0.4 is 9.80 Å². The lowest BCUT2D eigenvalue weighted by Gasteiger charge is -2.46. The van der Waals surface area contributed by atoms with E-state index in [-0.39, 0.29) is 13.1 Å². The van der Waals surface area contributed by atoms with E-state index in [1.165, 1.54) is 0 Å². The second kappa shape index (κ2) is 5.48. The number of hydrogen-bond donors (Lipinski definition) is 0. The Hall–Kier alpha value is -1.08. The monoisotopic (exact) mass is 340 g/mol. The van der Waals surface area contributed by atoms with Crippen LogP contribution in [0.15, 0.2) is 17.2 Å². The van der Waals surface area contributed by atoms with Crippen molar-refractivity contribution < 1.29 is 8.78 Å². The topological polar surface area (TPSA) is 22.6 Å². The number of nitrogens with zero attached hydrogens (tertiary/aromatic N) is 4. The summed E-state index contributed by atoms with van der Waals surface area (Å²) in [6.07, 6.45) is 1.76. The maximum absolute atomic E-state index is 13.1. The number of thioether (sulfide) groups is 1. The van der Waals surface area contributed by atoms with Crippen molar-refractivity contribution in [2.45, 2.75) is 36.7 Å². The summed E-state index contributed by atoms with van der Waals surface area (Å²) in [5, 5.41) is 0. The SMILES string of the molecule is CC(C)N1CCN2c3ncc(N4CC(F)(F)C4)cc3SC[C@@H]2C1. The van der Waals surface area contributed by atoms with Crippen LogP contribution >= 0.6 is 11.8 Å². The molecule has 2 saturated heterocycles. The molecule has 7 heteroatoms. The van der Waals surface area contributed by atoms with Crippen LogP contribution in [-0.4, -0.2) is 66.4 Å². The average Bonchev–Trinajstić information content (AvgIpc) is 2.51. The highest BCUT2D eigenvalue weighted by atomic mass is 32.2. The van der Waals surface area contributed by atoms with Gasteiger partial charge < -0.3 is 9.80 Å². The van der Waals surface area contributed by atoms with Gasteiger partial charge in [-0.15, -0.1) is 11.8 Å². The maximum Gasteiger partial charge on any atom is 0.282 e. The molecular formula is C16H22F2N4S. The quantitative estimate of drug-likeness (QED) is 0.823. The van der Waals surface area contributed by atoms with Crippen molar-refractivity contribution in [3.8, 4) is 0 Å². The number of fused-ring (bicyclic) bond motifs is 3. The lowest BCUT2D eigenvalue weighted by atomic mass is 10.1. The Bertz CT molecular complexity index is 602. The summed E-state index contributed by atoms with van der Waals surface area (Å²) in [6.45, 7) is 7.23. The van der Waals surface area contributed by atoms with Crippen molar-refractivity contribution >= 4 is 23.3 Å². The molecule has 4 heterocycles. The Balaban J connectivity index is 1.52. The molecule has 3 aliphatic heterocycles. The number of rotatable bonds is 2. The standard InChI is InChI=1S/C16H22F2N4S/c1-11(2)20-3-4-22-13(7-20)8-23-14-5-12(6-19-15(14)22)21-9-16(17,18)10-21/h5-6,11,13H,3-4,7-10H2,1-2H3/t13-/m0/s1. The van der Waals surface area contributed by atoms with Gasteiger partial charge in [0.15, 0.2) is 0 Å². The molecule has 3 aliphatic rings. The summed E-state index contributed by atoms with van der Waals surface area (Å²) >= 11 is 1.81. The Kier molecular flexibility index (Phi) is 3.68. The summed E-state index contributed by atoms with van der Waals surface area (Å²) in [6, 6.07) is 3.11. The van der Waals surface area contributed by atoms with E-state index >= 15 is 0 Å². The van der Waals surface area contributed by atoms with E-state index in [9.17, 15) is 8.78 Å². The van der Waals surface area contributed by atoms with Crippen molar-refractivity contribution in [2.24, 2.45) is 0 Å². The normalized spacial score (nSPS) is 26.7. The first kappa shape index (κ1) is 15.4. The van der Waals surface area contributed by atoms with E-state index in [4.69, 9.17) is 0 Å². The van der Waals surface area contributed by atoms with Crippen LogP contribution in [-0.2, 0) is 0 Å². The maximum atomic E-state index is 13.1. The van der Waals surface area contributed by atoms with Gasteiger partial charge in [-0.3, -0.25) is 4.90 Å². The van der Waals surface area contributed by atoms with E-state index in [1.807, 2.05) is 17.8 Å². The van der Waals surface area contributed by atoms with E-state index in [0.29, 0.717) is 12.1 Å². The second-order valence-electron chi connectivity index (χ2n) is 6.97. The molecule has 1 aromatic heterocycles. The predicted molar refractivity (Wildman–Crippen MR) is 90.0 cm³/mol. The number of halogens is 2. The minimum atomic E-state index is -2.54. The van der Waals surface area contributed by atoms with Crippen LogP contribution in [0.25, 0.3) is 0 Å². The summed E-state index contributed by atoms with van der Waals surface area (Å²) in [7, 11) is 0. The number of anilines is 2. The zero-order valence-corrected chi connectivity index (χ0v) is 14.3. The van der Waals surface area contributed by atoms with Gasteiger partial charge in [-0.05, 0) is 19.9 Å².